The Kier molecular flexibility index (Phi) is 3.85. The summed E-state index contributed by atoms with van der Waals surface area (Å²) in [7, 11) is 1.53. The summed E-state index contributed by atoms with van der Waals surface area (Å²) >= 11 is 0. The number of rotatable bonds is 2. The summed E-state index contributed by atoms with van der Waals surface area (Å²) in [5.74, 6) is -0.694. The lowest BCUT2D eigenvalue weighted by Gasteiger charge is -2.20. The minimum atomic E-state index is -1.35. The molecule has 0 bridgehead atoms. The van der Waals surface area contributed by atoms with Gasteiger partial charge in [-0.05, 0) is 20.8 Å². The van der Waals surface area contributed by atoms with Crippen LogP contribution in [0.15, 0.2) is 6.20 Å². The average molecular weight is 265 g/mol. The molecule has 0 unspecified atom stereocenters. The van der Waals surface area contributed by atoms with Crippen molar-refractivity contribution in [3.63, 3.8) is 0 Å². The quantitative estimate of drug-likeness (QED) is 0.795. The van der Waals surface area contributed by atoms with Crippen LogP contribution in [0.25, 0.3) is 0 Å². The summed E-state index contributed by atoms with van der Waals surface area (Å²) in [5.41, 5.74) is -0.722. The van der Waals surface area contributed by atoms with Gasteiger partial charge in [0.25, 0.3) is 0 Å². The second-order valence-electron chi connectivity index (χ2n) is 4.92. The van der Waals surface area contributed by atoms with E-state index < -0.39 is 17.7 Å². The van der Waals surface area contributed by atoms with Crippen LogP contribution in [-0.2, 0) is 11.8 Å². The zero-order chi connectivity index (χ0) is 14.8. The first-order chi connectivity index (χ1) is 8.65. The Balaban J connectivity index is 3.26. The molecule has 0 aliphatic carbocycles. The molecule has 0 aromatic carbocycles. The third-order valence-electron chi connectivity index (χ3n) is 2.13. The van der Waals surface area contributed by atoms with E-state index in [0.29, 0.717) is 0 Å². The van der Waals surface area contributed by atoms with Gasteiger partial charge in [-0.15, -0.1) is 0 Å². The molecule has 0 atom stereocenters. The van der Waals surface area contributed by atoms with Gasteiger partial charge in [-0.2, -0.15) is 5.26 Å². The van der Waals surface area contributed by atoms with Crippen LogP contribution in [0.4, 0.5) is 10.5 Å². The van der Waals surface area contributed by atoms with Gasteiger partial charge in [-0.3, -0.25) is 5.32 Å². The van der Waals surface area contributed by atoms with Gasteiger partial charge in [0.2, 0.25) is 0 Å². The van der Waals surface area contributed by atoms with E-state index in [4.69, 9.17) is 15.1 Å². The zero-order valence-corrected chi connectivity index (χ0v) is 11.1. The Bertz CT molecular complexity index is 561. The topological polar surface area (TPSA) is 104 Å². The molecule has 0 aliphatic rings. The highest BCUT2D eigenvalue weighted by Crippen LogP contribution is 2.25. The van der Waals surface area contributed by atoms with Gasteiger partial charge < -0.3 is 14.4 Å². The number of carbonyl (C=O) groups excluding carboxylic acids is 1. The molecule has 0 fully saturated rings. The number of aromatic nitrogens is 1. The number of carboxylic acid groups (broad SMARTS) is 1. The van der Waals surface area contributed by atoms with Crippen molar-refractivity contribution in [2.45, 2.75) is 26.4 Å². The highest BCUT2D eigenvalue weighted by molar-refractivity contribution is 6.00. The minimum Gasteiger partial charge on any atom is -0.465 e. The lowest BCUT2D eigenvalue weighted by molar-refractivity contribution is 0.00603. The number of carbonyl (C=O) groups is 2. The number of ether oxygens (including phenoxy) is 1. The second kappa shape index (κ2) is 5.02. The maximum absolute atomic E-state index is 12.0. The van der Waals surface area contributed by atoms with E-state index in [0.717, 1.165) is 0 Å². The fraction of sp³-hybridized carbons (Fsp3) is 0.417. The molecule has 0 spiro atoms. The van der Waals surface area contributed by atoms with E-state index in [9.17, 15) is 9.59 Å². The molecule has 7 nitrogen and oxygen atoms in total. The number of nitrogens with one attached hydrogen (secondary N) is 1. The number of anilines is 1. The van der Waals surface area contributed by atoms with Crippen LogP contribution in [0.2, 0.25) is 0 Å². The van der Waals surface area contributed by atoms with Crippen LogP contribution in [0.1, 0.15) is 36.8 Å². The summed E-state index contributed by atoms with van der Waals surface area (Å²) in [4.78, 5) is 22.8. The Labute approximate surface area is 110 Å². The highest BCUT2D eigenvalue weighted by Gasteiger charge is 2.26. The third kappa shape index (κ3) is 3.48. The predicted octanol–water partition coefficient (Wildman–Crippen LogP) is 1.94. The molecule has 0 saturated heterocycles. The molecule has 0 radical (unpaired) electrons. The van der Waals surface area contributed by atoms with Crippen LogP contribution in [-0.4, -0.2) is 27.3 Å². The molecular formula is C12H15N3O4. The van der Waals surface area contributed by atoms with E-state index in [-0.39, 0.29) is 16.9 Å². The zero-order valence-electron chi connectivity index (χ0n) is 11.1. The van der Waals surface area contributed by atoms with Crippen molar-refractivity contribution >= 4 is 17.7 Å². The normalized spacial score (nSPS) is 10.7. The number of hydrogen-bond donors (Lipinski definition) is 2. The monoisotopic (exact) mass is 265 g/mol. The maximum atomic E-state index is 12.0. The van der Waals surface area contributed by atoms with E-state index >= 15 is 0 Å². The number of esters is 1. The van der Waals surface area contributed by atoms with Gasteiger partial charge in [-0.25, -0.2) is 9.59 Å². The predicted molar refractivity (Wildman–Crippen MR) is 66.9 cm³/mol. The Hall–Kier alpha value is -2.49. The van der Waals surface area contributed by atoms with E-state index in [2.05, 4.69) is 5.32 Å². The fourth-order valence-electron chi connectivity index (χ4n) is 1.52. The van der Waals surface area contributed by atoms with Crippen molar-refractivity contribution < 1.29 is 19.4 Å². The van der Waals surface area contributed by atoms with Crippen LogP contribution >= 0.6 is 0 Å². The van der Waals surface area contributed by atoms with E-state index in [1.807, 2.05) is 6.07 Å². The van der Waals surface area contributed by atoms with Gasteiger partial charge in [0.1, 0.15) is 11.7 Å². The first kappa shape index (κ1) is 14.6. The maximum Gasteiger partial charge on any atom is 0.409 e. The molecular weight excluding hydrogens is 250 g/mol. The Morgan fingerprint density at radius 3 is 2.47 bits per heavy atom. The smallest absolute Gasteiger partial charge is 0.409 e. The number of nitriles is 1. The molecule has 19 heavy (non-hydrogen) atoms. The third-order valence-corrected chi connectivity index (χ3v) is 2.13. The van der Waals surface area contributed by atoms with Gasteiger partial charge in [0.05, 0.1) is 11.3 Å². The lowest BCUT2D eigenvalue weighted by atomic mass is 10.2. The number of nitrogens with zero attached hydrogens (tertiary/aromatic N) is 2. The molecule has 1 amide bonds. The van der Waals surface area contributed by atoms with Gasteiger partial charge in [-0.1, -0.05) is 0 Å². The molecule has 0 saturated carbocycles. The van der Waals surface area contributed by atoms with Crippen molar-refractivity contribution in [1.29, 1.82) is 5.26 Å². The lowest BCUT2D eigenvalue weighted by Crippen LogP contribution is -2.26. The average Bonchev–Trinajstić information content (AvgIpc) is 2.51. The molecule has 2 N–H and O–H groups in total. The molecule has 7 heteroatoms. The van der Waals surface area contributed by atoms with E-state index in [1.165, 1.54) is 17.8 Å². The van der Waals surface area contributed by atoms with Gasteiger partial charge in [0, 0.05) is 13.2 Å². The summed E-state index contributed by atoms with van der Waals surface area (Å²) in [6, 6.07) is 1.83. The molecule has 0 aliphatic heterocycles. The summed E-state index contributed by atoms with van der Waals surface area (Å²) < 4.78 is 6.54. The van der Waals surface area contributed by atoms with E-state index in [1.54, 1.807) is 20.8 Å². The van der Waals surface area contributed by atoms with Crippen molar-refractivity contribution in [2.75, 3.05) is 5.32 Å². The van der Waals surface area contributed by atoms with Crippen molar-refractivity contribution in [3.8, 4) is 6.07 Å². The molecule has 1 rings (SSSR count). The fourth-order valence-corrected chi connectivity index (χ4v) is 1.52. The first-order valence-electron chi connectivity index (χ1n) is 5.48. The number of aryl methyl sites for hydroxylation is 1. The van der Waals surface area contributed by atoms with Crippen LogP contribution in [0.5, 0.6) is 0 Å². The first-order valence-corrected chi connectivity index (χ1v) is 5.48. The largest absolute Gasteiger partial charge is 0.465 e. The summed E-state index contributed by atoms with van der Waals surface area (Å²) in [6.07, 6.45) is 0.0114. The SMILES string of the molecule is Cn1cc(C#N)c(NC(=O)O)c1C(=O)OC(C)(C)C. The molecule has 1 aromatic rings. The molecule has 1 heterocycles. The van der Waals surface area contributed by atoms with Crippen molar-refractivity contribution in [1.82, 2.24) is 4.57 Å². The summed E-state index contributed by atoms with van der Waals surface area (Å²) in [6.45, 7) is 5.09. The molecule has 102 valence electrons. The Morgan fingerprint density at radius 2 is 2.05 bits per heavy atom. The second-order valence-corrected chi connectivity index (χ2v) is 4.92. The molecule has 1 aromatic heterocycles. The standard InChI is InChI=1S/C12H15N3O4/c1-12(2,3)19-10(16)9-8(14-11(17)18)7(5-13)6-15(9)4/h6,14H,1-4H3,(H,17,18). The number of amides is 1. The van der Waals surface area contributed by atoms with Crippen LogP contribution < -0.4 is 5.32 Å². The Morgan fingerprint density at radius 1 is 1.47 bits per heavy atom. The number of hydrogen-bond acceptors (Lipinski definition) is 4. The van der Waals surface area contributed by atoms with Crippen molar-refractivity contribution in [3.05, 3.63) is 17.5 Å². The van der Waals surface area contributed by atoms with Crippen LogP contribution in [0, 0.1) is 11.3 Å². The van der Waals surface area contributed by atoms with Crippen LogP contribution in [0.3, 0.4) is 0 Å². The van der Waals surface area contributed by atoms with Gasteiger partial charge >= 0.3 is 12.1 Å². The minimum absolute atomic E-state index is 0.00567. The van der Waals surface area contributed by atoms with Crippen molar-refractivity contribution in [2.24, 2.45) is 7.05 Å². The summed E-state index contributed by atoms with van der Waals surface area (Å²) in [5, 5.41) is 19.7. The highest BCUT2D eigenvalue weighted by atomic mass is 16.6. The van der Waals surface area contributed by atoms with Gasteiger partial charge in [0.15, 0.2) is 5.69 Å².